The van der Waals surface area contributed by atoms with E-state index in [1.165, 1.54) is 5.57 Å². The van der Waals surface area contributed by atoms with Crippen LogP contribution < -0.4 is 0 Å². The molecule has 0 aromatic carbocycles. The van der Waals surface area contributed by atoms with Crippen LogP contribution in [0.25, 0.3) is 0 Å². The van der Waals surface area contributed by atoms with E-state index in [1.54, 1.807) is 17.1 Å². The third kappa shape index (κ3) is 7.36. The van der Waals surface area contributed by atoms with Crippen molar-refractivity contribution in [2.45, 2.75) is 13.3 Å². The average molecular weight is 191 g/mol. The van der Waals surface area contributed by atoms with E-state index in [9.17, 15) is 0 Å². The zero-order chi connectivity index (χ0) is 8.53. The summed E-state index contributed by atoms with van der Waals surface area (Å²) in [4.78, 5) is 1.62. The Morgan fingerprint density at radius 1 is 1.73 bits per heavy atom. The first kappa shape index (κ1) is 10.5. The molecule has 1 aliphatic carbocycles. The predicted molar refractivity (Wildman–Crippen MR) is 46.7 cm³/mol. The molecule has 0 saturated heterocycles. The maximum absolute atomic E-state index is 3.79. The first-order valence-electron chi connectivity index (χ1n) is 3.40. The van der Waals surface area contributed by atoms with Crippen molar-refractivity contribution in [2.75, 3.05) is 0 Å². The molecule has 63 valence electrons. The van der Waals surface area contributed by atoms with Crippen molar-refractivity contribution in [3.63, 3.8) is 0 Å². The molecule has 0 aromatic heterocycles. The molecule has 0 unspecified atom stereocenters. The van der Waals surface area contributed by atoms with Gasteiger partial charge in [-0.15, -0.1) is 0 Å². The van der Waals surface area contributed by atoms with E-state index in [1.807, 2.05) is 6.08 Å². The molecular weight excluding hydrogens is 179 g/mol. The number of hydrogen-bond acceptors (Lipinski definition) is 0. The standard InChI is InChI=1S/C6H7.C4H5.Co/c1-6-4-2-3-5-6;1-3-4-2;/h2-3H,4H2,1H3;1,3-4H,2H2;/q2*-1;/b;4-3-;. The van der Waals surface area contributed by atoms with Gasteiger partial charge >= 0.3 is 39.3 Å². The van der Waals surface area contributed by atoms with Crippen molar-refractivity contribution < 1.29 is 15.3 Å². The molecule has 0 aromatic rings. The molecule has 1 rings (SSSR count). The van der Waals surface area contributed by atoms with E-state index in [0.717, 1.165) is 6.42 Å². The summed E-state index contributed by atoms with van der Waals surface area (Å²) in [6, 6.07) is 0. The van der Waals surface area contributed by atoms with Gasteiger partial charge in [-0.3, -0.25) is 6.08 Å². The topological polar surface area (TPSA) is 0 Å². The van der Waals surface area contributed by atoms with E-state index in [2.05, 4.69) is 41.3 Å². The molecule has 0 radical (unpaired) electrons. The summed E-state index contributed by atoms with van der Waals surface area (Å²) in [7, 11) is 0. The average Bonchev–Trinajstić information content (AvgIpc) is 2.43. The third-order valence-corrected chi connectivity index (χ3v) is 1.27. The van der Waals surface area contributed by atoms with Gasteiger partial charge in [-0.25, -0.2) is 12.2 Å². The van der Waals surface area contributed by atoms with Crippen LogP contribution >= 0.6 is 0 Å². The summed E-state index contributed by atoms with van der Waals surface area (Å²) < 4.78 is 0. The molecule has 0 fully saturated rings. The van der Waals surface area contributed by atoms with Gasteiger partial charge in [0.05, 0.1) is 0 Å². The summed E-state index contributed by atoms with van der Waals surface area (Å²) in [5.74, 6) is 0. The molecule has 0 nitrogen and oxygen atoms in total. The monoisotopic (exact) mass is 191 g/mol. The van der Waals surface area contributed by atoms with Gasteiger partial charge < -0.3 is 0 Å². The van der Waals surface area contributed by atoms with Crippen LogP contribution in [0, 0.1) is 13.0 Å². The van der Waals surface area contributed by atoms with Crippen molar-refractivity contribution in [3.8, 4) is 0 Å². The van der Waals surface area contributed by atoms with Crippen molar-refractivity contribution in [1.82, 2.24) is 0 Å². The molecule has 0 bridgehead atoms. The van der Waals surface area contributed by atoms with E-state index in [4.69, 9.17) is 0 Å². The molecule has 11 heavy (non-hydrogen) atoms. The van der Waals surface area contributed by atoms with Crippen molar-refractivity contribution in [1.29, 1.82) is 0 Å². The molecular formula is C10H12Co-2. The molecule has 0 aliphatic heterocycles. The van der Waals surface area contributed by atoms with E-state index < -0.39 is 0 Å². The Morgan fingerprint density at radius 2 is 2.45 bits per heavy atom. The zero-order valence-corrected chi connectivity index (χ0v) is 7.68. The molecule has 0 amide bonds. The fourth-order valence-electron chi connectivity index (χ4n) is 0.541. The number of hydrogen-bond donors (Lipinski definition) is 0. The predicted octanol–water partition coefficient (Wildman–Crippen LogP) is 2.42. The second-order valence-electron chi connectivity index (χ2n) is 2.07. The summed E-state index contributed by atoms with van der Waals surface area (Å²) in [5.41, 5.74) is 1.34. The third-order valence-electron chi connectivity index (χ3n) is 1.07. The van der Waals surface area contributed by atoms with E-state index >= 15 is 0 Å². The van der Waals surface area contributed by atoms with Crippen molar-refractivity contribution in [3.05, 3.63) is 42.9 Å². The Kier molecular flexibility index (Phi) is 7.20. The van der Waals surface area contributed by atoms with Crippen LogP contribution in [0.2, 0.25) is 0 Å². The fraction of sp³-hybridized carbons (Fsp3) is 0.200. The molecule has 0 saturated carbocycles. The van der Waals surface area contributed by atoms with Crippen LogP contribution in [0.15, 0.2) is 29.9 Å². The molecule has 0 N–H and O–H groups in total. The second kappa shape index (κ2) is 7.57. The van der Waals surface area contributed by atoms with Gasteiger partial charge in [-0.2, -0.15) is 5.57 Å². The Hall–Kier alpha value is -0.534. The van der Waals surface area contributed by atoms with Crippen LogP contribution in [0.3, 0.4) is 0 Å². The Morgan fingerprint density at radius 3 is 2.55 bits per heavy atom. The second-order valence-corrected chi connectivity index (χ2v) is 2.42. The summed E-state index contributed by atoms with van der Waals surface area (Å²) >= 11 is 3.79. The van der Waals surface area contributed by atoms with E-state index in [-0.39, 0.29) is 0 Å². The van der Waals surface area contributed by atoms with Crippen molar-refractivity contribution >= 4 is 4.96 Å². The first-order valence-corrected chi connectivity index (χ1v) is 4.00. The molecule has 1 heteroatoms. The Balaban J connectivity index is 0.000000187. The maximum atomic E-state index is 3.79. The molecule has 0 atom stereocenters. The quantitative estimate of drug-likeness (QED) is 0.558. The van der Waals surface area contributed by atoms with E-state index in [0.29, 0.717) is 0 Å². The van der Waals surface area contributed by atoms with Crippen LogP contribution in [-0.4, -0.2) is 4.96 Å². The van der Waals surface area contributed by atoms with Crippen LogP contribution in [0.5, 0.6) is 0 Å². The Labute approximate surface area is 76.8 Å². The summed E-state index contributed by atoms with van der Waals surface area (Å²) in [6.45, 7) is 5.50. The van der Waals surface area contributed by atoms with Gasteiger partial charge in [0.1, 0.15) is 0 Å². The minimum absolute atomic E-state index is 1.11. The molecule has 0 heterocycles. The SMILES string of the molecule is CC1=[C-]C=CC1.[CH2-]/C=C\[CH]=[Co]. The zero-order valence-electron chi connectivity index (χ0n) is 6.63. The number of allylic oxidation sites excluding steroid dienone is 6. The van der Waals surface area contributed by atoms with Crippen molar-refractivity contribution in [2.24, 2.45) is 0 Å². The summed E-state index contributed by atoms with van der Waals surface area (Å²) in [5, 5.41) is 0. The van der Waals surface area contributed by atoms with Gasteiger partial charge in [0.15, 0.2) is 0 Å². The summed E-state index contributed by atoms with van der Waals surface area (Å²) in [6.07, 6.45) is 11.7. The Bertz CT molecular complexity index is 185. The van der Waals surface area contributed by atoms with Crippen LogP contribution in [0.1, 0.15) is 13.3 Å². The fourth-order valence-corrected chi connectivity index (χ4v) is 0.683. The molecule has 0 spiro atoms. The van der Waals surface area contributed by atoms with Gasteiger partial charge in [0.25, 0.3) is 0 Å². The van der Waals surface area contributed by atoms with Gasteiger partial charge in [-0.05, 0) is 0 Å². The minimum atomic E-state index is 1.11. The van der Waals surface area contributed by atoms with Crippen LogP contribution in [0.4, 0.5) is 0 Å². The van der Waals surface area contributed by atoms with Gasteiger partial charge in [-0.1, -0.05) is 13.3 Å². The van der Waals surface area contributed by atoms with Gasteiger partial charge in [0.2, 0.25) is 0 Å². The van der Waals surface area contributed by atoms with Gasteiger partial charge in [0, 0.05) is 0 Å². The molecule has 1 aliphatic rings. The first-order chi connectivity index (χ1) is 5.31. The normalized spacial score (nSPS) is 14.2. The van der Waals surface area contributed by atoms with Crippen LogP contribution in [-0.2, 0) is 15.3 Å². The number of rotatable bonds is 1.